The Kier molecular flexibility index (Phi) is 4.14. The first kappa shape index (κ1) is 18.6. The average molecular weight is 415 g/mol. The zero-order valence-electron chi connectivity index (χ0n) is 17.9. The molecule has 1 aliphatic heterocycles. The third-order valence-corrected chi connectivity index (χ3v) is 6.70. The number of fused-ring (bicyclic) bond motifs is 2. The van der Waals surface area contributed by atoms with Gasteiger partial charge in [-0.2, -0.15) is 5.10 Å². The number of hydrogen-bond acceptors (Lipinski definition) is 4. The molecule has 3 heterocycles. The van der Waals surface area contributed by atoms with E-state index in [-0.39, 0.29) is 5.91 Å². The Morgan fingerprint density at radius 3 is 2.77 bits per heavy atom. The van der Waals surface area contributed by atoms with Gasteiger partial charge < -0.3 is 10.3 Å². The molecule has 2 aromatic heterocycles. The lowest BCUT2D eigenvalue weighted by Gasteiger charge is -2.16. The van der Waals surface area contributed by atoms with E-state index in [1.54, 1.807) is 0 Å². The van der Waals surface area contributed by atoms with Crippen LogP contribution in [0.1, 0.15) is 59.5 Å². The van der Waals surface area contributed by atoms with E-state index in [1.165, 1.54) is 19.3 Å². The molecule has 158 valence electrons. The lowest BCUT2D eigenvalue weighted by atomic mass is 10.1. The maximum absolute atomic E-state index is 12.9. The number of hydrogen-bond donors (Lipinski definition) is 2. The molecule has 0 spiro atoms. The number of rotatable bonds is 4. The fourth-order valence-corrected chi connectivity index (χ4v) is 4.81. The zero-order chi connectivity index (χ0) is 21.1. The molecule has 31 heavy (non-hydrogen) atoms. The zero-order valence-corrected chi connectivity index (χ0v) is 17.9. The highest BCUT2D eigenvalue weighted by Crippen LogP contribution is 2.42. The Morgan fingerprint density at radius 2 is 2.00 bits per heavy atom. The number of anilines is 1. The first-order valence-electron chi connectivity index (χ1n) is 11.0. The van der Waals surface area contributed by atoms with Crippen LogP contribution in [-0.2, 0) is 7.05 Å². The molecule has 7 heteroatoms. The summed E-state index contributed by atoms with van der Waals surface area (Å²) in [5.41, 5.74) is 5.44. The van der Waals surface area contributed by atoms with Crippen LogP contribution in [0.2, 0.25) is 0 Å². The fourth-order valence-electron chi connectivity index (χ4n) is 4.81. The van der Waals surface area contributed by atoms with Gasteiger partial charge in [0.15, 0.2) is 0 Å². The highest BCUT2D eigenvalue weighted by atomic mass is 16.1. The third-order valence-electron chi connectivity index (χ3n) is 6.70. The fraction of sp³-hybridized carbons (Fsp3) is 0.375. The van der Waals surface area contributed by atoms with Gasteiger partial charge in [0.2, 0.25) is 0 Å². The van der Waals surface area contributed by atoms with Gasteiger partial charge in [-0.25, -0.2) is 4.98 Å². The quantitative estimate of drug-likeness (QED) is 0.520. The molecular formula is C24H26N6O. The number of aromatic amines is 1. The number of likely N-dealkylation sites (tertiary alicyclic amines) is 1. The Balaban J connectivity index is 1.26. The molecule has 0 bridgehead atoms. The van der Waals surface area contributed by atoms with Crippen molar-refractivity contribution in [1.29, 1.82) is 0 Å². The summed E-state index contributed by atoms with van der Waals surface area (Å²) in [5, 5.41) is 8.88. The van der Waals surface area contributed by atoms with Crippen molar-refractivity contribution >= 4 is 33.5 Å². The molecule has 0 radical (unpaired) electrons. The Bertz CT molecular complexity index is 1310. The molecule has 1 amide bonds. The first-order chi connectivity index (χ1) is 15.1. The third kappa shape index (κ3) is 3.20. The van der Waals surface area contributed by atoms with Gasteiger partial charge in [-0.05, 0) is 69.6 Å². The standard InChI is InChI=1S/C24H26N6O/c1-29-11-3-4-20(29)23-26-18-10-8-16(13-19(18)27-23)25-24(31)15-7-9-17-21(12-15)30(2)28-22(17)14-5-6-14/h7-10,12-14,20H,3-6,11H2,1-2H3,(H,25,31)(H,26,27)/t20-/m1/s1. The van der Waals surface area contributed by atoms with Crippen LogP contribution in [0, 0.1) is 0 Å². The van der Waals surface area contributed by atoms with Crippen LogP contribution in [0.3, 0.4) is 0 Å². The second-order valence-electron chi connectivity index (χ2n) is 8.96. The molecule has 2 aromatic carbocycles. The molecule has 2 N–H and O–H groups in total. The summed E-state index contributed by atoms with van der Waals surface area (Å²) in [6.07, 6.45) is 4.74. The summed E-state index contributed by atoms with van der Waals surface area (Å²) >= 11 is 0. The van der Waals surface area contributed by atoms with E-state index in [1.807, 2.05) is 48.1 Å². The molecule has 7 nitrogen and oxygen atoms in total. The molecule has 0 unspecified atom stereocenters. The summed E-state index contributed by atoms with van der Waals surface area (Å²) in [7, 11) is 4.09. The van der Waals surface area contributed by atoms with Crippen LogP contribution in [0.15, 0.2) is 36.4 Å². The number of carbonyl (C=O) groups is 1. The second kappa shape index (κ2) is 6.92. The van der Waals surface area contributed by atoms with Crippen LogP contribution in [0.5, 0.6) is 0 Å². The van der Waals surface area contributed by atoms with Crippen molar-refractivity contribution in [1.82, 2.24) is 24.6 Å². The summed E-state index contributed by atoms with van der Waals surface area (Å²) < 4.78 is 1.89. The monoisotopic (exact) mass is 414 g/mol. The van der Waals surface area contributed by atoms with Gasteiger partial charge >= 0.3 is 0 Å². The minimum atomic E-state index is -0.120. The van der Waals surface area contributed by atoms with Gasteiger partial charge in [0.05, 0.1) is 28.3 Å². The molecule has 1 atom stereocenters. The van der Waals surface area contributed by atoms with E-state index in [2.05, 4.69) is 27.3 Å². The highest BCUT2D eigenvalue weighted by Gasteiger charge is 2.29. The van der Waals surface area contributed by atoms with E-state index < -0.39 is 0 Å². The van der Waals surface area contributed by atoms with Crippen molar-refractivity contribution in [3.63, 3.8) is 0 Å². The van der Waals surface area contributed by atoms with Crippen molar-refractivity contribution in [3.05, 3.63) is 53.5 Å². The van der Waals surface area contributed by atoms with Gasteiger partial charge in [0.1, 0.15) is 5.82 Å². The molecular weight excluding hydrogens is 388 g/mol. The number of aryl methyl sites for hydroxylation is 1. The smallest absolute Gasteiger partial charge is 0.255 e. The van der Waals surface area contributed by atoms with E-state index in [4.69, 9.17) is 4.98 Å². The van der Waals surface area contributed by atoms with Crippen molar-refractivity contribution in [2.24, 2.45) is 7.05 Å². The van der Waals surface area contributed by atoms with Crippen LogP contribution < -0.4 is 5.32 Å². The van der Waals surface area contributed by atoms with Crippen LogP contribution >= 0.6 is 0 Å². The number of H-pyrrole nitrogens is 1. The Morgan fingerprint density at radius 1 is 1.13 bits per heavy atom. The largest absolute Gasteiger partial charge is 0.341 e. The number of carbonyl (C=O) groups excluding carboxylic acids is 1. The van der Waals surface area contributed by atoms with Gasteiger partial charge in [-0.1, -0.05) is 6.07 Å². The maximum atomic E-state index is 12.9. The molecule has 1 saturated carbocycles. The highest BCUT2D eigenvalue weighted by molar-refractivity contribution is 6.07. The minimum Gasteiger partial charge on any atom is -0.341 e. The average Bonchev–Trinajstić information content (AvgIpc) is 3.24. The molecule has 4 aromatic rings. The number of nitrogens with zero attached hydrogens (tertiary/aromatic N) is 4. The van der Waals surface area contributed by atoms with Gasteiger partial charge in [-0.15, -0.1) is 0 Å². The topological polar surface area (TPSA) is 78.8 Å². The lowest BCUT2D eigenvalue weighted by Crippen LogP contribution is -2.18. The van der Waals surface area contributed by atoms with Crippen molar-refractivity contribution in [3.8, 4) is 0 Å². The first-order valence-corrected chi connectivity index (χ1v) is 11.0. The van der Waals surface area contributed by atoms with Gasteiger partial charge in [0, 0.05) is 29.6 Å². The summed E-state index contributed by atoms with van der Waals surface area (Å²) in [6, 6.07) is 12.1. The number of benzene rings is 2. The Labute approximate surface area is 180 Å². The summed E-state index contributed by atoms with van der Waals surface area (Å²) in [5.74, 6) is 1.47. The van der Waals surface area contributed by atoms with Crippen LogP contribution in [-0.4, -0.2) is 44.1 Å². The van der Waals surface area contributed by atoms with Crippen LogP contribution in [0.4, 0.5) is 5.69 Å². The number of imidazole rings is 1. The Hall–Kier alpha value is -3.19. The second-order valence-corrected chi connectivity index (χ2v) is 8.96. The van der Waals surface area contributed by atoms with Crippen molar-refractivity contribution in [2.45, 2.75) is 37.6 Å². The van der Waals surface area contributed by atoms with Crippen molar-refractivity contribution < 1.29 is 4.79 Å². The van der Waals surface area contributed by atoms with E-state index in [9.17, 15) is 4.79 Å². The van der Waals surface area contributed by atoms with Gasteiger partial charge in [0.25, 0.3) is 5.91 Å². The maximum Gasteiger partial charge on any atom is 0.255 e. The molecule has 6 rings (SSSR count). The predicted molar refractivity (Wildman–Crippen MR) is 121 cm³/mol. The van der Waals surface area contributed by atoms with Crippen LogP contribution in [0.25, 0.3) is 21.9 Å². The van der Waals surface area contributed by atoms with E-state index in [0.717, 1.165) is 52.1 Å². The summed E-state index contributed by atoms with van der Waals surface area (Å²) in [4.78, 5) is 23.5. The summed E-state index contributed by atoms with van der Waals surface area (Å²) in [6.45, 7) is 1.10. The number of nitrogens with one attached hydrogen (secondary N) is 2. The molecule has 1 aliphatic carbocycles. The van der Waals surface area contributed by atoms with E-state index in [0.29, 0.717) is 17.5 Å². The number of aromatic nitrogens is 4. The van der Waals surface area contributed by atoms with E-state index >= 15 is 0 Å². The molecule has 2 aliphatic rings. The van der Waals surface area contributed by atoms with Gasteiger partial charge in [-0.3, -0.25) is 14.4 Å². The number of amides is 1. The minimum absolute atomic E-state index is 0.120. The SMILES string of the molecule is CN1CCC[C@@H]1c1nc2ccc(NC(=O)c3ccc4c(C5CC5)nn(C)c4c3)cc2[nH]1. The predicted octanol–water partition coefficient (Wildman–Crippen LogP) is 4.35. The molecule has 2 fully saturated rings. The lowest BCUT2D eigenvalue weighted by molar-refractivity contribution is 0.102. The van der Waals surface area contributed by atoms with Crippen molar-refractivity contribution in [2.75, 3.05) is 18.9 Å². The normalized spacial score (nSPS) is 19.5. The molecule has 1 saturated heterocycles.